The molecule has 0 atom stereocenters. The summed E-state index contributed by atoms with van der Waals surface area (Å²) in [5.41, 5.74) is 2.68. The van der Waals surface area contributed by atoms with Gasteiger partial charge in [-0.3, -0.25) is 0 Å². The minimum atomic E-state index is 0.186. The Hall–Kier alpha value is -1.31. The van der Waals surface area contributed by atoms with Gasteiger partial charge in [-0.05, 0) is 16.5 Å². The summed E-state index contributed by atoms with van der Waals surface area (Å²) in [5, 5.41) is 0. The van der Waals surface area contributed by atoms with E-state index in [1.54, 1.807) is 0 Å². The first-order valence-corrected chi connectivity index (χ1v) is 5.12. The van der Waals surface area contributed by atoms with Crippen LogP contribution in [0, 0.1) is 0 Å². The van der Waals surface area contributed by atoms with E-state index >= 15 is 0 Å². The van der Waals surface area contributed by atoms with E-state index in [-0.39, 0.29) is 5.41 Å². The molecule has 0 spiro atoms. The van der Waals surface area contributed by atoms with Crippen molar-refractivity contribution < 1.29 is 9.53 Å². The van der Waals surface area contributed by atoms with E-state index in [9.17, 15) is 4.79 Å². The SMILES string of the molecule is CC(C)(C)c1ccc(CCO[C]=O)cc1. The zero-order chi connectivity index (χ0) is 11.3. The fourth-order valence-electron chi connectivity index (χ4n) is 1.38. The zero-order valence-corrected chi connectivity index (χ0v) is 9.54. The van der Waals surface area contributed by atoms with Gasteiger partial charge in [0.1, 0.15) is 0 Å². The minimum absolute atomic E-state index is 0.186. The molecule has 1 aromatic carbocycles. The highest BCUT2D eigenvalue weighted by Crippen LogP contribution is 2.22. The van der Waals surface area contributed by atoms with Crippen molar-refractivity contribution in [3.8, 4) is 0 Å². The van der Waals surface area contributed by atoms with Crippen LogP contribution in [0.25, 0.3) is 0 Å². The quantitative estimate of drug-likeness (QED) is 0.706. The number of benzene rings is 1. The molecule has 0 heterocycles. The van der Waals surface area contributed by atoms with Gasteiger partial charge in [-0.2, -0.15) is 0 Å². The number of ether oxygens (including phenoxy) is 1. The third-order valence-corrected chi connectivity index (χ3v) is 2.37. The van der Waals surface area contributed by atoms with E-state index in [2.05, 4.69) is 49.8 Å². The summed E-state index contributed by atoms with van der Waals surface area (Å²) in [6, 6.07) is 8.41. The molecule has 0 unspecified atom stereocenters. The molecule has 15 heavy (non-hydrogen) atoms. The van der Waals surface area contributed by atoms with Gasteiger partial charge in [-0.15, -0.1) is 0 Å². The molecule has 0 N–H and O–H groups in total. The molecule has 0 fully saturated rings. The van der Waals surface area contributed by atoms with Crippen LogP contribution in [-0.2, 0) is 21.4 Å². The Bertz CT molecular complexity index is 306. The first-order chi connectivity index (χ1) is 7.04. The predicted molar refractivity (Wildman–Crippen MR) is 60.5 cm³/mol. The third-order valence-electron chi connectivity index (χ3n) is 2.37. The molecule has 0 amide bonds. The molecule has 0 aliphatic rings. The van der Waals surface area contributed by atoms with Gasteiger partial charge < -0.3 is 4.74 Å². The molecule has 0 aliphatic carbocycles. The van der Waals surface area contributed by atoms with Gasteiger partial charge in [0, 0.05) is 6.42 Å². The summed E-state index contributed by atoms with van der Waals surface area (Å²) in [6.45, 7) is 8.39. The lowest BCUT2D eigenvalue weighted by Crippen LogP contribution is -2.10. The van der Waals surface area contributed by atoms with Crippen LogP contribution in [0.1, 0.15) is 31.9 Å². The molecule has 0 saturated heterocycles. The highest BCUT2D eigenvalue weighted by molar-refractivity contribution is 5.38. The number of hydrogen-bond acceptors (Lipinski definition) is 2. The number of carbonyl (C=O) groups excluding carboxylic acids is 1. The van der Waals surface area contributed by atoms with Crippen molar-refractivity contribution >= 4 is 6.47 Å². The Morgan fingerprint density at radius 3 is 2.27 bits per heavy atom. The van der Waals surface area contributed by atoms with Crippen LogP contribution < -0.4 is 0 Å². The standard InChI is InChI=1S/C13H17O2/c1-13(2,3)12-6-4-11(5-7-12)8-9-15-10-14/h4-7H,8-9H2,1-3H3. The van der Waals surface area contributed by atoms with Crippen LogP contribution in [0.5, 0.6) is 0 Å². The topological polar surface area (TPSA) is 26.3 Å². The summed E-state index contributed by atoms with van der Waals surface area (Å²) in [5.74, 6) is 0. The average Bonchev–Trinajstić information content (AvgIpc) is 2.18. The summed E-state index contributed by atoms with van der Waals surface area (Å²) in [6.07, 6.45) is 0.750. The fourth-order valence-corrected chi connectivity index (χ4v) is 1.38. The fraction of sp³-hybridized carbons (Fsp3) is 0.462. The molecule has 2 heteroatoms. The lowest BCUT2D eigenvalue weighted by atomic mass is 9.86. The van der Waals surface area contributed by atoms with Crippen molar-refractivity contribution in [1.29, 1.82) is 0 Å². The highest BCUT2D eigenvalue weighted by Gasteiger charge is 2.12. The maximum atomic E-state index is 9.83. The van der Waals surface area contributed by atoms with Crippen LogP contribution in [0.15, 0.2) is 24.3 Å². The smallest absolute Gasteiger partial charge is 0.417 e. The average molecular weight is 205 g/mol. The van der Waals surface area contributed by atoms with Crippen LogP contribution in [0.3, 0.4) is 0 Å². The van der Waals surface area contributed by atoms with E-state index in [0.717, 1.165) is 6.42 Å². The Labute approximate surface area is 91.3 Å². The van der Waals surface area contributed by atoms with Gasteiger partial charge in [-0.25, -0.2) is 4.79 Å². The third kappa shape index (κ3) is 3.74. The van der Waals surface area contributed by atoms with Crippen LogP contribution >= 0.6 is 0 Å². The van der Waals surface area contributed by atoms with Crippen LogP contribution in [-0.4, -0.2) is 13.1 Å². The molecule has 1 radical (unpaired) electrons. The van der Waals surface area contributed by atoms with Crippen molar-refractivity contribution in [2.45, 2.75) is 32.6 Å². The molecular weight excluding hydrogens is 188 g/mol. The van der Waals surface area contributed by atoms with Gasteiger partial charge >= 0.3 is 6.47 Å². The van der Waals surface area contributed by atoms with Crippen molar-refractivity contribution in [2.24, 2.45) is 0 Å². The van der Waals surface area contributed by atoms with Crippen molar-refractivity contribution in [2.75, 3.05) is 6.61 Å². The van der Waals surface area contributed by atoms with E-state index in [1.807, 2.05) is 0 Å². The monoisotopic (exact) mass is 205 g/mol. The van der Waals surface area contributed by atoms with E-state index in [0.29, 0.717) is 6.61 Å². The largest absolute Gasteiger partial charge is 0.457 e. The van der Waals surface area contributed by atoms with Crippen molar-refractivity contribution in [1.82, 2.24) is 0 Å². The van der Waals surface area contributed by atoms with Crippen LogP contribution in [0.4, 0.5) is 0 Å². The summed E-state index contributed by atoms with van der Waals surface area (Å²) in [7, 11) is 0. The molecule has 1 aromatic rings. The van der Waals surface area contributed by atoms with Crippen molar-refractivity contribution in [3.63, 3.8) is 0 Å². The lowest BCUT2D eigenvalue weighted by Gasteiger charge is -2.19. The van der Waals surface area contributed by atoms with E-state index in [4.69, 9.17) is 0 Å². The Morgan fingerprint density at radius 1 is 1.20 bits per heavy atom. The van der Waals surface area contributed by atoms with E-state index in [1.165, 1.54) is 17.6 Å². The van der Waals surface area contributed by atoms with E-state index < -0.39 is 0 Å². The minimum Gasteiger partial charge on any atom is -0.457 e. The van der Waals surface area contributed by atoms with Gasteiger partial charge in [0.15, 0.2) is 0 Å². The maximum Gasteiger partial charge on any atom is 0.417 e. The number of rotatable bonds is 4. The molecule has 2 nitrogen and oxygen atoms in total. The normalized spacial score (nSPS) is 11.1. The molecule has 0 aromatic heterocycles. The zero-order valence-electron chi connectivity index (χ0n) is 9.54. The Kier molecular flexibility index (Phi) is 3.89. The van der Waals surface area contributed by atoms with Crippen LogP contribution in [0.2, 0.25) is 0 Å². The Morgan fingerprint density at radius 2 is 1.80 bits per heavy atom. The number of hydrogen-bond donors (Lipinski definition) is 0. The van der Waals surface area contributed by atoms with Crippen molar-refractivity contribution in [3.05, 3.63) is 35.4 Å². The molecular formula is C13H17O2. The summed E-state index contributed by atoms with van der Waals surface area (Å²) >= 11 is 0. The second-order valence-electron chi connectivity index (χ2n) is 4.63. The molecule has 0 bridgehead atoms. The van der Waals surface area contributed by atoms with Gasteiger partial charge in [0.25, 0.3) is 0 Å². The Balaban J connectivity index is 2.60. The first-order valence-electron chi connectivity index (χ1n) is 5.12. The summed E-state index contributed by atoms with van der Waals surface area (Å²) < 4.78 is 4.53. The van der Waals surface area contributed by atoms with Gasteiger partial charge in [0.2, 0.25) is 0 Å². The maximum absolute atomic E-state index is 9.83. The molecule has 81 valence electrons. The molecule has 1 rings (SSSR count). The van der Waals surface area contributed by atoms with Gasteiger partial charge in [0.05, 0.1) is 6.61 Å². The van der Waals surface area contributed by atoms with Gasteiger partial charge in [-0.1, -0.05) is 45.0 Å². The lowest BCUT2D eigenvalue weighted by molar-refractivity contribution is 0.282. The highest BCUT2D eigenvalue weighted by atomic mass is 16.5. The first kappa shape index (κ1) is 11.8. The second kappa shape index (κ2) is 4.96. The summed E-state index contributed by atoms with van der Waals surface area (Å²) in [4.78, 5) is 9.83. The molecule has 0 saturated carbocycles. The second-order valence-corrected chi connectivity index (χ2v) is 4.63. The predicted octanol–water partition coefficient (Wildman–Crippen LogP) is 2.61. The molecule has 0 aliphatic heterocycles.